The second-order valence-corrected chi connectivity index (χ2v) is 7.21. The van der Waals surface area contributed by atoms with E-state index in [0.717, 1.165) is 17.5 Å². The molecule has 0 nitrogen and oxygen atoms in total. The summed E-state index contributed by atoms with van der Waals surface area (Å²) < 4.78 is 14.4. The fourth-order valence-corrected chi connectivity index (χ4v) is 2.95. The molecule has 0 spiro atoms. The zero-order valence-corrected chi connectivity index (χ0v) is 17.1. The molecule has 29 heavy (non-hydrogen) atoms. The second-order valence-electron chi connectivity index (χ2n) is 7.21. The van der Waals surface area contributed by atoms with Crippen LogP contribution in [0.1, 0.15) is 59.6 Å². The van der Waals surface area contributed by atoms with Crippen molar-refractivity contribution in [1.29, 1.82) is 0 Å². The molecular weight excluding hydrogens is 355 g/mol. The van der Waals surface area contributed by atoms with Gasteiger partial charge >= 0.3 is 0 Å². The van der Waals surface area contributed by atoms with Crippen LogP contribution >= 0.6 is 0 Å². The van der Waals surface area contributed by atoms with Crippen LogP contribution in [0.2, 0.25) is 0 Å². The van der Waals surface area contributed by atoms with Gasteiger partial charge in [-0.2, -0.15) is 0 Å². The molecule has 0 aromatic heterocycles. The molecule has 0 heterocycles. The SMILES string of the molecule is CCCCCc1ccc(C#Cc2ccc(C#Cc3ccc(C)cc3)cc2F)cc1. The Balaban J connectivity index is 1.68. The van der Waals surface area contributed by atoms with E-state index < -0.39 is 0 Å². The Bertz CT molecular complexity index is 1070. The van der Waals surface area contributed by atoms with Gasteiger partial charge in [0.15, 0.2) is 0 Å². The Hall–Kier alpha value is -3.29. The predicted molar refractivity (Wildman–Crippen MR) is 119 cm³/mol. The number of aryl methyl sites for hydroxylation is 2. The Morgan fingerprint density at radius 2 is 1.28 bits per heavy atom. The lowest BCUT2D eigenvalue weighted by molar-refractivity contribution is 0.624. The molecule has 0 unspecified atom stereocenters. The number of hydrogen-bond acceptors (Lipinski definition) is 0. The highest BCUT2D eigenvalue weighted by Crippen LogP contribution is 2.11. The average molecular weight is 381 g/mol. The monoisotopic (exact) mass is 380 g/mol. The first kappa shape index (κ1) is 20.4. The van der Waals surface area contributed by atoms with Crippen molar-refractivity contribution in [3.05, 3.63) is 106 Å². The van der Waals surface area contributed by atoms with Crippen LogP contribution in [0.25, 0.3) is 0 Å². The molecular formula is C28H25F. The molecule has 144 valence electrons. The third kappa shape index (κ3) is 6.38. The molecule has 0 saturated heterocycles. The molecule has 0 saturated carbocycles. The lowest BCUT2D eigenvalue weighted by atomic mass is 10.1. The zero-order chi connectivity index (χ0) is 20.5. The molecule has 0 amide bonds. The average Bonchev–Trinajstić information content (AvgIpc) is 2.74. The minimum Gasteiger partial charge on any atom is -0.206 e. The van der Waals surface area contributed by atoms with E-state index in [4.69, 9.17) is 0 Å². The van der Waals surface area contributed by atoms with Crippen molar-refractivity contribution in [1.82, 2.24) is 0 Å². The van der Waals surface area contributed by atoms with Gasteiger partial charge in [-0.25, -0.2) is 4.39 Å². The Morgan fingerprint density at radius 3 is 1.93 bits per heavy atom. The van der Waals surface area contributed by atoms with Gasteiger partial charge in [0.05, 0.1) is 5.56 Å². The van der Waals surface area contributed by atoms with Crippen molar-refractivity contribution in [3.63, 3.8) is 0 Å². The standard InChI is InChI=1S/C28H25F/c1-3-4-5-6-23-11-13-25(14-12-23)17-19-27-20-18-26(21-28(27)29)16-15-24-9-7-22(2)8-10-24/h7-14,18,20-21H,3-6H2,1-2H3. The molecule has 0 aliphatic rings. The van der Waals surface area contributed by atoms with E-state index in [0.29, 0.717) is 11.1 Å². The number of benzene rings is 3. The summed E-state index contributed by atoms with van der Waals surface area (Å²) in [6, 6.07) is 21.2. The summed E-state index contributed by atoms with van der Waals surface area (Å²) >= 11 is 0. The van der Waals surface area contributed by atoms with E-state index in [1.807, 2.05) is 49.4 Å². The maximum Gasteiger partial charge on any atom is 0.140 e. The molecule has 3 aromatic carbocycles. The van der Waals surface area contributed by atoms with Crippen molar-refractivity contribution in [2.45, 2.75) is 39.5 Å². The van der Waals surface area contributed by atoms with E-state index in [9.17, 15) is 4.39 Å². The third-order valence-electron chi connectivity index (χ3n) is 4.74. The van der Waals surface area contributed by atoms with Crippen LogP contribution in [0.4, 0.5) is 4.39 Å². The summed E-state index contributed by atoms with van der Waals surface area (Å²) in [5.41, 5.74) is 5.36. The highest BCUT2D eigenvalue weighted by Gasteiger charge is 2.00. The van der Waals surface area contributed by atoms with Gasteiger partial charge in [-0.15, -0.1) is 0 Å². The van der Waals surface area contributed by atoms with E-state index >= 15 is 0 Å². The number of halogens is 1. The topological polar surface area (TPSA) is 0 Å². The molecule has 0 aliphatic heterocycles. The third-order valence-corrected chi connectivity index (χ3v) is 4.74. The fraction of sp³-hybridized carbons (Fsp3) is 0.214. The zero-order valence-electron chi connectivity index (χ0n) is 17.1. The quantitative estimate of drug-likeness (QED) is 0.350. The van der Waals surface area contributed by atoms with Crippen LogP contribution in [-0.4, -0.2) is 0 Å². The first-order chi connectivity index (χ1) is 14.1. The van der Waals surface area contributed by atoms with Crippen LogP contribution in [0, 0.1) is 36.4 Å². The predicted octanol–water partition coefficient (Wildman–Crippen LogP) is 6.67. The smallest absolute Gasteiger partial charge is 0.140 e. The van der Waals surface area contributed by atoms with Crippen LogP contribution in [-0.2, 0) is 6.42 Å². The van der Waals surface area contributed by atoms with E-state index in [1.165, 1.54) is 36.5 Å². The molecule has 0 atom stereocenters. The van der Waals surface area contributed by atoms with Crippen LogP contribution in [0.3, 0.4) is 0 Å². The molecule has 3 aromatic rings. The van der Waals surface area contributed by atoms with Crippen LogP contribution < -0.4 is 0 Å². The fourth-order valence-electron chi connectivity index (χ4n) is 2.95. The largest absolute Gasteiger partial charge is 0.206 e. The summed E-state index contributed by atoms with van der Waals surface area (Å²) in [7, 11) is 0. The molecule has 0 aliphatic carbocycles. The van der Waals surface area contributed by atoms with Gasteiger partial charge < -0.3 is 0 Å². The van der Waals surface area contributed by atoms with Gasteiger partial charge in [-0.05, 0) is 67.8 Å². The van der Waals surface area contributed by atoms with Gasteiger partial charge in [0.25, 0.3) is 0 Å². The normalized spacial score (nSPS) is 9.90. The van der Waals surface area contributed by atoms with E-state index in [2.05, 4.69) is 42.7 Å². The van der Waals surface area contributed by atoms with Crippen LogP contribution in [0.15, 0.2) is 66.7 Å². The molecule has 0 radical (unpaired) electrons. The van der Waals surface area contributed by atoms with Crippen molar-refractivity contribution < 1.29 is 4.39 Å². The summed E-state index contributed by atoms with van der Waals surface area (Å²) in [6.07, 6.45) is 4.80. The molecule has 0 fully saturated rings. The molecule has 1 heteroatoms. The highest BCUT2D eigenvalue weighted by molar-refractivity contribution is 5.49. The van der Waals surface area contributed by atoms with Gasteiger partial charge in [-0.1, -0.05) is 73.3 Å². The second kappa shape index (κ2) is 10.3. The number of unbranched alkanes of at least 4 members (excludes halogenated alkanes) is 2. The van der Waals surface area contributed by atoms with Gasteiger partial charge in [-0.3, -0.25) is 0 Å². The van der Waals surface area contributed by atoms with Crippen molar-refractivity contribution in [2.24, 2.45) is 0 Å². The number of rotatable bonds is 4. The lowest BCUT2D eigenvalue weighted by Crippen LogP contribution is -1.87. The van der Waals surface area contributed by atoms with Gasteiger partial charge in [0.2, 0.25) is 0 Å². The van der Waals surface area contributed by atoms with Gasteiger partial charge in [0.1, 0.15) is 5.82 Å². The summed E-state index contributed by atoms with van der Waals surface area (Å²) in [5.74, 6) is 11.7. The minimum atomic E-state index is -0.343. The van der Waals surface area contributed by atoms with E-state index in [1.54, 1.807) is 6.07 Å². The first-order valence-electron chi connectivity index (χ1n) is 10.1. The maximum atomic E-state index is 14.4. The molecule has 0 bridgehead atoms. The van der Waals surface area contributed by atoms with Crippen LogP contribution in [0.5, 0.6) is 0 Å². The highest BCUT2D eigenvalue weighted by atomic mass is 19.1. The van der Waals surface area contributed by atoms with Gasteiger partial charge in [0, 0.05) is 16.7 Å². The minimum absolute atomic E-state index is 0.343. The Morgan fingerprint density at radius 1 is 0.690 bits per heavy atom. The Labute approximate surface area is 173 Å². The van der Waals surface area contributed by atoms with Crippen molar-refractivity contribution >= 4 is 0 Å². The summed E-state index contributed by atoms with van der Waals surface area (Å²) in [4.78, 5) is 0. The summed E-state index contributed by atoms with van der Waals surface area (Å²) in [6.45, 7) is 4.25. The first-order valence-corrected chi connectivity index (χ1v) is 10.1. The van der Waals surface area contributed by atoms with Crippen molar-refractivity contribution in [3.8, 4) is 23.7 Å². The van der Waals surface area contributed by atoms with Crippen molar-refractivity contribution in [2.75, 3.05) is 0 Å². The maximum absolute atomic E-state index is 14.4. The number of hydrogen-bond donors (Lipinski definition) is 0. The van der Waals surface area contributed by atoms with E-state index in [-0.39, 0.29) is 5.82 Å². The molecule has 0 N–H and O–H groups in total. The summed E-state index contributed by atoms with van der Waals surface area (Å²) in [5, 5.41) is 0. The Kier molecular flexibility index (Phi) is 7.27. The molecule has 3 rings (SSSR count). The lowest BCUT2D eigenvalue weighted by Gasteiger charge is -2.00.